The number of anilines is 4. The van der Waals surface area contributed by atoms with Crippen LogP contribution in [-0.4, -0.2) is 43.3 Å². The second-order valence-corrected chi connectivity index (χ2v) is 6.75. The minimum absolute atomic E-state index is 0.633. The van der Waals surface area contributed by atoms with Crippen molar-refractivity contribution in [1.29, 1.82) is 5.26 Å². The highest BCUT2D eigenvalue weighted by molar-refractivity contribution is 5.60. The molecule has 7 nitrogen and oxygen atoms in total. The summed E-state index contributed by atoms with van der Waals surface area (Å²) in [6, 6.07) is 19.6. The van der Waals surface area contributed by atoms with Gasteiger partial charge in [0, 0.05) is 43.6 Å². The molecular weight excluding hydrogens is 364 g/mol. The van der Waals surface area contributed by atoms with E-state index in [0.29, 0.717) is 5.56 Å². The number of ether oxygens (including phenoxy) is 1. The lowest BCUT2D eigenvalue weighted by Crippen LogP contribution is -2.46. The van der Waals surface area contributed by atoms with Gasteiger partial charge < -0.3 is 19.9 Å². The van der Waals surface area contributed by atoms with E-state index in [1.165, 1.54) is 5.69 Å². The number of rotatable bonds is 5. The van der Waals surface area contributed by atoms with Gasteiger partial charge in [0.15, 0.2) is 0 Å². The third-order valence-corrected chi connectivity index (χ3v) is 4.98. The van der Waals surface area contributed by atoms with E-state index in [9.17, 15) is 0 Å². The van der Waals surface area contributed by atoms with Gasteiger partial charge in [0.2, 0.25) is 0 Å². The molecule has 0 unspecified atom stereocenters. The normalized spacial score (nSPS) is 13.7. The van der Waals surface area contributed by atoms with Gasteiger partial charge in [-0.1, -0.05) is 0 Å². The van der Waals surface area contributed by atoms with E-state index in [4.69, 9.17) is 10.00 Å². The predicted molar refractivity (Wildman–Crippen MR) is 114 cm³/mol. The van der Waals surface area contributed by atoms with Crippen molar-refractivity contribution in [1.82, 2.24) is 9.97 Å². The third kappa shape index (κ3) is 4.38. The Morgan fingerprint density at radius 3 is 2.28 bits per heavy atom. The van der Waals surface area contributed by atoms with Crippen LogP contribution in [0.15, 0.2) is 60.9 Å². The summed E-state index contributed by atoms with van der Waals surface area (Å²) >= 11 is 0. The van der Waals surface area contributed by atoms with Crippen molar-refractivity contribution in [2.45, 2.75) is 0 Å². The Morgan fingerprint density at radius 1 is 0.931 bits per heavy atom. The maximum Gasteiger partial charge on any atom is 0.135 e. The molecule has 1 aliphatic heterocycles. The summed E-state index contributed by atoms with van der Waals surface area (Å²) in [4.78, 5) is 13.4. The standard InChI is InChI=1S/C22H22N6O/c1-29-20-8-6-19(7-9-20)27-10-12-28(13-11-27)22-14-21(24-16-25-22)26-18-4-2-17(15-23)3-5-18/h2-9,14,16H,10-13H2,1H3,(H,24,25,26). The number of hydrogen-bond donors (Lipinski definition) is 1. The Kier molecular flexibility index (Phi) is 5.43. The first kappa shape index (κ1) is 18.6. The van der Waals surface area contributed by atoms with E-state index in [1.54, 1.807) is 25.6 Å². The van der Waals surface area contributed by atoms with Gasteiger partial charge in [-0.3, -0.25) is 0 Å². The minimum Gasteiger partial charge on any atom is -0.497 e. The van der Waals surface area contributed by atoms with Crippen LogP contribution in [-0.2, 0) is 0 Å². The van der Waals surface area contributed by atoms with Crippen molar-refractivity contribution in [3.05, 3.63) is 66.5 Å². The Labute approximate surface area is 170 Å². The van der Waals surface area contributed by atoms with Crippen molar-refractivity contribution in [2.24, 2.45) is 0 Å². The third-order valence-electron chi connectivity index (χ3n) is 4.98. The van der Waals surface area contributed by atoms with E-state index in [0.717, 1.165) is 49.3 Å². The van der Waals surface area contributed by atoms with E-state index < -0.39 is 0 Å². The minimum atomic E-state index is 0.633. The summed E-state index contributed by atoms with van der Waals surface area (Å²) in [6.45, 7) is 3.63. The molecule has 3 aromatic rings. The Bertz CT molecular complexity index is 989. The van der Waals surface area contributed by atoms with Crippen LogP contribution >= 0.6 is 0 Å². The Hall–Kier alpha value is -3.79. The van der Waals surface area contributed by atoms with E-state index in [1.807, 2.05) is 30.3 Å². The highest BCUT2D eigenvalue weighted by atomic mass is 16.5. The Morgan fingerprint density at radius 2 is 1.62 bits per heavy atom. The van der Waals surface area contributed by atoms with Crippen LogP contribution in [0.2, 0.25) is 0 Å². The molecule has 2 heterocycles. The molecule has 146 valence electrons. The topological polar surface area (TPSA) is 77.3 Å². The number of nitrogens with one attached hydrogen (secondary N) is 1. The number of methoxy groups -OCH3 is 1. The average Bonchev–Trinajstić information content (AvgIpc) is 2.80. The monoisotopic (exact) mass is 386 g/mol. The van der Waals surface area contributed by atoms with E-state index >= 15 is 0 Å². The molecule has 1 fully saturated rings. The van der Waals surface area contributed by atoms with Crippen molar-refractivity contribution in [3.63, 3.8) is 0 Å². The van der Waals surface area contributed by atoms with Crippen LogP contribution in [0.25, 0.3) is 0 Å². The zero-order chi connectivity index (χ0) is 20.1. The van der Waals surface area contributed by atoms with Gasteiger partial charge in [0.25, 0.3) is 0 Å². The van der Waals surface area contributed by atoms with Gasteiger partial charge in [0.05, 0.1) is 18.7 Å². The predicted octanol–water partition coefficient (Wildman–Crippen LogP) is 3.43. The summed E-state index contributed by atoms with van der Waals surface area (Å²) in [5, 5.41) is 12.2. The lowest BCUT2D eigenvalue weighted by atomic mass is 10.2. The number of nitrogens with zero attached hydrogens (tertiary/aromatic N) is 5. The van der Waals surface area contributed by atoms with Gasteiger partial charge in [0.1, 0.15) is 23.7 Å². The number of nitriles is 1. The molecule has 1 N–H and O–H groups in total. The van der Waals surface area contributed by atoms with E-state index in [-0.39, 0.29) is 0 Å². The molecule has 0 atom stereocenters. The van der Waals surface area contributed by atoms with Gasteiger partial charge in [-0.25, -0.2) is 9.97 Å². The van der Waals surface area contributed by atoms with E-state index in [2.05, 4.69) is 43.3 Å². The zero-order valence-corrected chi connectivity index (χ0v) is 16.2. The molecule has 1 aliphatic rings. The molecule has 29 heavy (non-hydrogen) atoms. The number of aromatic nitrogens is 2. The van der Waals surface area contributed by atoms with Gasteiger partial charge in [-0.05, 0) is 48.5 Å². The molecule has 0 amide bonds. The highest BCUT2D eigenvalue weighted by Gasteiger charge is 2.19. The molecule has 0 saturated carbocycles. The lowest BCUT2D eigenvalue weighted by Gasteiger charge is -2.36. The van der Waals surface area contributed by atoms with Crippen molar-refractivity contribution < 1.29 is 4.74 Å². The quantitative estimate of drug-likeness (QED) is 0.720. The van der Waals surface area contributed by atoms with Crippen molar-refractivity contribution in [3.8, 4) is 11.8 Å². The molecule has 1 aromatic heterocycles. The maximum absolute atomic E-state index is 8.91. The molecular formula is C22H22N6O. The van der Waals surface area contributed by atoms with Crippen LogP contribution in [0.5, 0.6) is 5.75 Å². The molecule has 2 aromatic carbocycles. The van der Waals surface area contributed by atoms with Crippen LogP contribution in [0.3, 0.4) is 0 Å². The second-order valence-electron chi connectivity index (χ2n) is 6.75. The maximum atomic E-state index is 8.91. The molecule has 4 rings (SSSR count). The largest absolute Gasteiger partial charge is 0.497 e. The lowest BCUT2D eigenvalue weighted by molar-refractivity contribution is 0.415. The smallest absolute Gasteiger partial charge is 0.135 e. The summed E-state index contributed by atoms with van der Waals surface area (Å²) in [6.07, 6.45) is 1.58. The molecule has 0 radical (unpaired) electrons. The van der Waals surface area contributed by atoms with Crippen molar-refractivity contribution in [2.75, 3.05) is 48.4 Å². The molecule has 7 heteroatoms. The number of benzene rings is 2. The van der Waals surface area contributed by atoms with Gasteiger partial charge >= 0.3 is 0 Å². The second kappa shape index (κ2) is 8.48. The summed E-state index contributed by atoms with van der Waals surface area (Å²) in [5.41, 5.74) is 2.72. The number of piperazine rings is 1. The van der Waals surface area contributed by atoms with Crippen LogP contribution in [0.4, 0.5) is 23.0 Å². The van der Waals surface area contributed by atoms with Gasteiger partial charge in [-0.2, -0.15) is 5.26 Å². The summed E-state index contributed by atoms with van der Waals surface area (Å²) in [5.74, 6) is 2.51. The summed E-state index contributed by atoms with van der Waals surface area (Å²) in [7, 11) is 1.68. The summed E-state index contributed by atoms with van der Waals surface area (Å²) < 4.78 is 5.24. The van der Waals surface area contributed by atoms with Crippen molar-refractivity contribution >= 4 is 23.0 Å². The Balaban J connectivity index is 1.39. The first-order valence-electron chi connectivity index (χ1n) is 9.48. The molecule has 0 aliphatic carbocycles. The number of hydrogen-bond acceptors (Lipinski definition) is 7. The fraction of sp³-hybridized carbons (Fsp3) is 0.227. The first-order chi connectivity index (χ1) is 14.2. The molecule has 0 spiro atoms. The fourth-order valence-corrected chi connectivity index (χ4v) is 3.35. The van der Waals surface area contributed by atoms with Crippen LogP contribution in [0, 0.1) is 11.3 Å². The SMILES string of the molecule is COc1ccc(N2CCN(c3cc(Nc4ccc(C#N)cc4)ncn3)CC2)cc1. The first-order valence-corrected chi connectivity index (χ1v) is 9.48. The fourth-order valence-electron chi connectivity index (χ4n) is 3.35. The van der Waals surface area contributed by atoms with Crippen LogP contribution < -0.4 is 19.9 Å². The molecule has 0 bridgehead atoms. The average molecular weight is 386 g/mol. The van der Waals surface area contributed by atoms with Crippen LogP contribution in [0.1, 0.15) is 5.56 Å². The highest BCUT2D eigenvalue weighted by Crippen LogP contribution is 2.23. The molecule has 1 saturated heterocycles. The zero-order valence-electron chi connectivity index (χ0n) is 16.2. The van der Waals surface area contributed by atoms with Gasteiger partial charge in [-0.15, -0.1) is 0 Å².